The number of carbonyl (C=O) groups excluding carboxylic acids is 3. The first-order chi connectivity index (χ1) is 15.0. The number of urea groups is 1. The third-order valence-electron chi connectivity index (χ3n) is 4.48. The molecule has 2 aromatic carbocycles. The Kier molecular flexibility index (Phi) is 7.16. The quantitative estimate of drug-likeness (QED) is 0.571. The minimum atomic E-state index is -0.713. The molecule has 1 aromatic heterocycles. The van der Waals surface area contributed by atoms with E-state index in [9.17, 15) is 14.4 Å². The lowest BCUT2D eigenvalue weighted by molar-refractivity contribution is -0.123. The summed E-state index contributed by atoms with van der Waals surface area (Å²) in [5.41, 5.74) is 3.18. The van der Waals surface area contributed by atoms with Crippen molar-refractivity contribution < 1.29 is 19.1 Å². The molecule has 0 aliphatic carbocycles. The smallest absolute Gasteiger partial charge is 0.342 e. The summed E-state index contributed by atoms with van der Waals surface area (Å²) in [7, 11) is 0. The number of rotatable bonds is 7. The first-order valence-electron chi connectivity index (χ1n) is 9.95. The van der Waals surface area contributed by atoms with E-state index in [0.29, 0.717) is 12.2 Å². The monoisotopic (exact) mass is 420 g/mol. The lowest BCUT2D eigenvalue weighted by atomic mass is 10.0. The molecule has 0 spiro atoms. The molecule has 0 bridgehead atoms. The molecule has 160 valence electrons. The van der Waals surface area contributed by atoms with Gasteiger partial charge in [-0.2, -0.15) is 5.10 Å². The summed E-state index contributed by atoms with van der Waals surface area (Å²) < 4.78 is 6.76. The van der Waals surface area contributed by atoms with Crippen LogP contribution in [0.15, 0.2) is 60.8 Å². The Morgan fingerprint density at radius 3 is 2.45 bits per heavy atom. The molecule has 0 radical (unpaired) electrons. The number of para-hydroxylation sites is 1. The Labute approximate surface area is 180 Å². The van der Waals surface area contributed by atoms with E-state index >= 15 is 0 Å². The topological polar surface area (TPSA) is 102 Å². The highest BCUT2D eigenvalue weighted by Crippen LogP contribution is 2.27. The lowest BCUT2D eigenvalue weighted by Gasteiger charge is -2.07. The lowest BCUT2D eigenvalue weighted by Crippen LogP contribution is -2.41. The molecular weight excluding hydrogens is 396 g/mol. The summed E-state index contributed by atoms with van der Waals surface area (Å²) in [5, 5.41) is 9.23. The van der Waals surface area contributed by atoms with Crippen LogP contribution in [-0.2, 0) is 9.53 Å². The number of benzene rings is 2. The van der Waals surface area contributed by atoms with Gasteiger partial charge in [0.2, 0.25) is 0 Å². The zero-order valence-electron chi connectivity index (χ0n) is 17.4. The number of carbonyl (C=O) groups is 3. The summed E-state index contributed by atoms with van der Waals surface area (Å²) in [5.74, 6) is -1.42. The van der Waals surface area contributed by atoms with Gasteiger partial charge in [-0.15, -0.1) is 0 Å². The van der Waals surface area contributed by atoms with E-state index in [1.54, 1.807) is 10.9 Å². The van der Waals surface area contributed by atoms with Crippen molar-refractivity contribution in [2.45, 2.75) is 20.3 Å². The molecule has 0 unspecified atom stereocenters. The van der Waals surface area contributed by atoms with Crippen LogP contribution in [0.4, 0.5) is 4.79 Å². The summed E-state index contributed by atoms with van der Waals surface area (Å²) in [6.07, 6.45) is 2.31. The van der Waals surface area contributed by atoms with Crippen molar-refractivity contribution >= 4 is 17.9 Å². The molecular formula is C23H24N4O4. The number of aromatic nitrogens is 2. The fourth-order valence-corrected chi connectivity index (χ4v) is 2.93. The molecule has 3 aromatic rings. The first-order valence-corrected chi connectivity index (χ1v) is 9.95. The van der Waals surface area contributed by atoms with E-state index < -0.39 is 24.5 Å². The highest BCUT2D eigenvalue weighted by atomic mass is 16.5. The van der Waals surface area contributed by atoms with E-state index in [-0.39, 0.29) is 5.56 Å². The number of imide groups is 1. The number of amides is 3. The second-order valence-corrected chi connectivity index (χ2v) is 6.87. The highest BCUT2D eigenvalue weighted by Gasteiger charge is 2.22. The largest absolute Gasteiger partial charge is 0.452 e. The second-order valence-electron chi connectivity index (χ2n) is 6.87. The van der Waals surface area contributed by atoms with Gasteiger partial charge in [-0.1, -0.05) is 49.4 Å². The van der Waals surface area contributed by atoms with Crippen LogP contribution in [0.3, 0.4) is 0 Å². The number of nitrogens with one attached hydrogen (secondary N) is 2. The van der Waals surface area contributed by atoms with Crippen LogP contribution in [0.2, 0.25) is 0 Å². The summed E-state index contributed by atoms with van der Waals surface area (Å²) >= 11 is 0. The van der Waals surface area contributed by atoms with Crippen LogP contribution in [0.5, 0.6) is 0 Å². The van der Waals surface area contributed by atoms with Gasteiger partial charge in [0, 0.05) is 18.3 Å². The SMILES string of the molecule is CCCNC(=O)NC(=O)COC(=O)c1cn(-c2ccccc2)nc1-c1ccccc1C. The van der Waals surface area contributed by atoms with E-state index in [1.807, 2.05) is 68.4 Å². The average molecular weight is 420 g/mol. The molecule has 0 atom stereocenters. The molecule has 31 heavy (non-hydrogen) atoms. The molecule has 0 fully saturated rings. The normalized spacial score (nSPS) is 10.4. The van der Waals surface area contributed by atoms with Gasteiger partial charge >= 0.3 is 12.0 Å². The molecule has 8 heteroatoms. The van der Waals surface area contributed by atoms with Crippen LogP contribution in [0, 0.1) is 6.92 Å². The van der Waals surface area contributed by atoms with Crippen molar-refractivity contribution in [1.29, 1.82) is 0 Å². The number of hydrogen-bond donors (Lipinski definition) is 2. The number of aryl methyl sites for hydroxylation is 1. The van der Waals surface area contributed by atoms with Gasteiger partial charge < -0.3 is 10.1 Å². The van der Waals surface area contributed by atoms with Crippen molar-refractivity contribution in [2.24, 2.45) is 0 Å². The van der Waals surface area contributed by atoms with E-state index in [4.69, 9.17) is 4.74 Å². The van der Waals surface area contributed by atoms with Crippen molar-refractivity contribution in [2.75, 3.05) is 13.2 Å². The molecule has 0 aliphatic heterocycles. The molecule has 0 aliphatic rings. The highest BCUT2D eigenvalue weighted by molar-refractivity contribution is 5.99. The third-order valence-corrected chi connectivity index (χ3v) is 4.48. The van der Waals surface area contributed by atoms with Gasteiger partial charge in [-0.05, 0) is 31.0 Å². The van der Waals surface area contributed by atoms with Crippen LogP contribution in [0.25, 0.3) is 16.9 Å². The minimum Gasteiger partial charge on any atom is -0.452 e. The molecule has 0 saturated heterocycles. The maximum atomic E-state index is 12.8. The van der Waals surface area contributed by atoms with Gasteiger partial charge in [0.05, 0.1) is 5.69 Å². The molecule has 1 heterocycles. The average Bonchev–Trinajstić information content (AvgIpc) is 3.22. The fraction of sp³-hybridized carbons (Fsp3) is 0.217. The van der Waals surface area contributed by atoms with Crippen molar-refractivity contribution in [3.63, 3.8) is 0 Å². The van der Waals surface area contributed by atoms with Crippen LogP contribution in [0.1, 0.15) is 29.3 Å². The Bertz CT molecular complexity index is 1080. The maximum absolute atomic E-state index is 12.8. The fourth-order valence-electron chi connectivity index (χ4n) is 2.93. The Morgan fingerprint density at radius 1 is 1.03 bits per heavy atom. The zero-order chi connectivity index (χ0) is 22.2. The standard InChI is InChI=1S/C23H24N4O4/c1-3-13-24-23(30)25-20(28)15-31-22(29)19-14-27(17-10-5-4-6-11-17)26-21(19)18-12-8-7-9-16(18)2/h4-12,14H,3,13,15H2,1-2H3,(H2,24,25,28,30). The predicted octanol–water partition coefficient (Wildman–Crippen LogP) is 3.24. The summed E-state index contributed by atoms with van der Waals surface area (Å²) in [6.45, 7) is 3.68. The molecule has 8 nitrogen and oxygen atoms in total. The summed E-state index contributed by atoms with van der Waals surface area (Å²) in [4.78, 5) is 36.3. The van der Waals surface area contributed by atoms with Gasteiger partial charge in [0.15, 0.2) is 6.61 Å². The molecule has 2 N–H and O–H groups in total. The Balaban J connectivity index is 1.81. The van der Waals surface area contributed by atoms with Crippen molar-refractivity contribution in [3.05, 3.63) is 71.9 Å². The van der Waals surface area contributed by atoms with E-state index in [2.05, 4.69) is 15.7 Å². The molecule has 3 rings (SSSR count). The number of nitrogens with zero attached hydrogens (tertiary/aromatic N) is 2. The van der Waals surface area contributed by atoms with Crippen LogP contribution in [-0.4, -0.2) is 40.8 Å². The van der Waals surface area contributed by atoms with E-state index in [1.165, 1.54) is 0 Å². The second kappa shape index (κ2) is 10.2. The maximum Gasteiger partial charge on any atom is 0.342 e. The van der Waals surface area contributed by atoms with Gasteiger partial charge in [0.1, 0.15) is 11.3 Å². The van der Waals surface area contributed by atoms with Gasteiger partial charge in [-0.3, -0.25) is 10.1 Å². The van der Waals surface area contributed by atoms with Gasteiger partial charge in [0.25, 0.3) is 5.91 Å². The minimum absolute atomic E-state index is 0.224. The number of ether oxygens (including phenoxy) is 1. The van der Waals surface area contributed by atoms with Crippen molar-refractivity contribution in [1.82, 2.24) is 20.4 Å². The predicted molar refractivity (Wildman–Crippen MR) is 116 cm³/mol. The Hall–Kier alpha value is -3.94. The summed E-state index contributed by atoms with van der Waals surface area (Å²) in [6, 6.07) is 16.3. The van der Waals surface area contributed by atoms with E-state index in [0.717, 1.165) is 23.2 Å². The van der Waals surface area contributed by atoms with Crippen LogP contribution >= 0.6 is 0 Å². The number of esters is 1. The third kappa shape index (κ3) is 5.57. The molecule has 0 saturated carbocycles. The molecule has 3 amide bonds. The van der Waals surface area contributed by atoms with Crippen molar-refractivity contribution in [3.8, 4) is 16.9 Å². The zero-order valence-corrected chi connectivity index (χ0v) is 17.4. The van der Waals surface area contributed by atoms with Crippen LogP contribution < -0.4 is 10.6 Å². The first kappa shape index (κ1) is 21.8. The number of hydrogen-bond acceptors (Lipinski definition) is 5. The Morgan fingerprint density at radius 2 is 1.74 bits per heavy atom. The van der Waals surface area contributed by atoms with Gasteiger partial charge in [-0.25, -0.2) is 14.3 Å².